The van der Waals surface area contributed by atoms with Crippen LogP contribution in [0.4, 0.5) is 5.69 Å². The second-order valence-electron chi connectivity index (χ2n) is 6.36. The van der Waals surface area contributed by atoms with Crippen molar-refractivity contribution in [2.75, 3.05) is 11.9 Å². The Kier molecular flexibility index (Phi) is 8.13. The van der Waals surface area contributed by atoms with Gasteiger partial charge in [0.05, 0.1) is 6.10 Å². The number of benzene rings is 1. The van der Waals surface area contributed by atoms with E-state index in [1.807, 2.05) is 31.2 Å². The lowest BCUT2D eigenvalue weighted by Crippen LogP contribution is -2.36. The third kappa shape index (κ3) is 7.05. The Hall–Kier alpha value is -1.39. The molecule has 0 aliphatic rings. The van der Waals surface area contributed by atoms with Crippen LogP contribution >= 0.6 is 0 Å². The molecule has 0 aromatic heterocycles. The highest BCUT2D eigenvalue weighted by molar-refractivity contribution is 5.91. The van der Waals surface area contributed by atoms with Crippen LogP contribution in [0.5, 0.6) is 0 Å². The molecule has 2 atom stereocenters. The molecule has 0 aliphatic carbocycles. The number of aliphatic hydroxyl groups is 1. The first-order chi connectivity index (χ1) is 10.4. The summed E-state index contributed by atoms with van der Waals surface area (Å²) < 4.78 is 0. The predicted molar refractivity (Wildman–Crippen MR) is 92.0 cm³/mol. The zero-order chi connectivity index (χ0) is 16.5. The molecule has 0 heterocycles. The monoisotopic (exact) mass is 306 g/mol. The quantitative estimate of drug-likeness (QED) is 0.657. The maximum atomic E-state index is 12.1. The molecule has 124 valence electrons. The standard InChI is InChI=1S/C18H30N2O2/c1-5-15-8-6-7-9-17(15)20-18(22)11-14(4)19-12-16(21)10-13(2)3/h6-9,13-14,16,19,21H,5,10-12H2,1-4H3,(H,20,22). The Balaban J connectivity index is 2.38. The van der Waals surface area contributed by atoms with Crippen molar-refractivity contribution in [3.05, 3.63) is 29.8 Å². The number of amides is 1. The minimum Gasteiger partial charge on any atom is -0.392 e. The fraction of sp³-hybridized carbons (Fsp3) is 0.611. The molecule has 0 saturated heterocycles. The number of nitrogens with one attached hydrogen (secondary N) is 2. The topological polar surface area (TPSA) is 61.4 Å². The molecule has 0 aliphatic heterocycles. The minimum absolute atomic E-state index is 0.000695. The zero-order valence-corrected chi connectivity index (χ0v) is 14.2. The van der Waals surface area contributed by atoms with E-state index in [1.54, 1.807) is 0 Å². The lowest BCUT2D eigenvalue weighted by Gasteiger charge is -2.18. The van der Waals surface area contributed by atoms with Gasteiger partial charge in [0.1, 0.15) is 0 Å². The molecule has 4 heteroatoms. The fourth-order valence-corrected chi connectivity index (χ4v) is 2.47. The number of para-hydroxylation sites is 1. The van der Waals surface area contributed by atoms with Gasteiger partial charge in [-0.25, -0.2) is 0 Å². The lowest BCUT2D eigenvalue weighted by molar-refractivity contribution is -0.116. The summed E-state index contributed by atoms with van der Waals surface area (Å²) in [4.78, 5) is 12.1. The van der Waals surface area contributed by atoms with Crippen molar-refractivity contribution in [2.24, 2.45) is 5.92 Å². The summed E-state index contributed by atoms with van der Waals surface area (Å²) in [6.45, 7) is 8.74. The number of carbonyl (C=O) groups excluding carboxylic acids is 1. The highest BCUT2D eigenvalue weighted by atomic mass is 16.3. The maximum Gasteiger partial charge on any atom is 0.225 e. The Morgan fingerprint density at radius 3 is 2.55 bits per heavy atom. The number of aryl methyl sites for hydroxylation is 1. The smallest absolute Gasteiger partial charge is 0.225 e. The third-order valence-corrected chi connectivity index (χ3v) is 3.61. The number of anilines is 1. The van der Waals surface area contributed by atoms with Crippen LogP contribution in [0.1, 0.15) is 46.1 Å². The van der Waals surface area contributed by atoms with Crippen LogP contribution in [-0.2, 0) is 11.2 Å². The van der Waals surface area contributed by atoms with Crippen LogP contribution in [0.15, 0.2) is 24.3 Å². The number of hydrogen-bond acceptors (Lipinski definition) is 3. The highest BCUT2D eigenvalue weighted by Gasteiger charge is 2.13. The van der Waals surface area contributed by atoms with E-state index in [0.717, 1.165) is 24.1 Å². The second-order valence-corrected chi connectivity index (χ2v) is 6.36. The first-order valence-electron chi connectivity index (χ1n) is 8.21. The Morgan fingerprint density at radius 2 is 1.91 bits per heavy atom. The SMILES string of the molecule is CCc1ccccc1NC(=O)CC(C)NCC(O)CC(C)C. The molecule has 0 saturated carbocycles. The summed E-state index contributed by atoms with van der Waals surface area (Å²) in [6, 6.07) is 7.91. The maximum absolute atomic E-state index is 12.1. The molecule has 0 radical (unpaired) electrons. The molecule has 1 aromatic carbocycles. The largest absolute Gasteiger partial charge is 0.392 e. The first-order valence-corrected chi connectivity index (χ1v) is 8.21. The normalized spacial score (nSPS) is 13.9. The summed E-state index contributed by atoms with van der Waals surface area (Å²) in [5, 5.41) is 16.0. The van der Waals surface area contributed by atoms with E-state index in [9.17, 15) is 9.90 Å². The van der Waals surface area contributed by atoms with Crippen LogP contribution in [0.3, 0.4) is 0 Å². The molecule has 22 heavy (non-hydrogen) atoms. The van der Waals surface area contributed by atoms with Gasteiger partial charge in [0.25, 0.3) is 0 Å². The molecule has 3 N–H and O–H groups in total. The van der Waals surface area contributed by atoms with Crippen LogP contribution in [-0.4, -0.2) is 29.7 Å². The summed E-state index contributed by atoms with van der Waals surface area (Å²) >= 11 is 0. The molecule has 0 spiro atoms. The van der Waals surface area contributed by atoms with Gasteiger partial charge in [-0.1, -0.05) is 39.0 Å². The van der Waals surface area contributed by atoms with Crippen molar-refractivity contribution < 1.29 is 9.90 Å². The first kappa shape index (κ1) is 18.7. The van der Waals surface area contributed by atoms with Gasteiger partial charge in [-0.3, -0.25) is 4.79 Å². The van der Waals surface area contributed by atoms with E-state index in [1.165, 1.54) is 0 Å². The minimum atomic E-state index is -0.355. The molecule has 4 nitrogen and oxygen atoms in total. The van der Waals surface area contributed by atoms with Gasteiger partial charge in [-0.15, -0.1) is 0 Å². The van der Waals surface area contributed by atoms with E-state index >= 15 is 0 Å². The molecule has 0 bridgehead atoms. The Bertz CT molecular complexity index is 460. The van der Waals surface area contributed by atoms with Crippen LogP contribution in [0.2, 0.25) is 0 Å². The van der Waals surface area contributed by atoms with Crippen molar-refractivity contribution in [2.45, 2.75) is 59.1 Å². The van der Waals surface area contributed by atoms with Crippen molar-refractivity contribution in [1.29, 1.82) is 0 Å². The van der Waals surface area contributed by atoms with Gasteiger partial charge >= 0.3 is 0 Å². The van der Waals surface area contributed by atoms with Gasteiger partial charge in [0, 0.05) is 24.7 Å². The second kappa shape index (κ2) is 9.59. The van der Waals surface area contributed by atoms with E-state index < -0.39 is 0 Å². The van der Waals surface area contributed by atoms with Gasteiger partial charge in [0.15, 0.2) is 0 Å². The summed E-state index contributed by atoms with van der Waals surface area (Å²) in [5.74, 6) is 0.472. The highest BCUT2D eigenvalue weighted by Crippen LogP contribution is 2.15. The average molecular weight is 306 g/mol. The van der Waals surface area contributed by atoms with Crippen molar-refractivity contribution in [3.8, 4) is 0 Å². The lowest BCUT2D eigenvalue weighted by atomic mass is 10.1. The Morgan fingerprint density at radius 1 is 1.23 bits per heavy atom. The molecule has 1 amide bonds. The van der Waals surface area contributed by atoms with Gasteiger partial charge in [-0.2, -0.15) is 0 Å². The number of carbonyl (C=O) groups is 1. The molecular formula is C18H30N2O2. The number of aliphatic hydroxyl groups excluding tert-OH is 1. The van der Waals surface area contributed by atoms with Crippen molar-refractivity contribution in [1.82, 2.24) is 5.32 Å². The van der Waals surface area contributed by atoms with E-state index in [4.69, 9.17) is 0 Å². The van der Waals surface area contributed by atoms with Crippen LogP contribution < -0.4 is 10.6 Å². The third-order valence-electron chi connectivity index (χ3n) is 3.61. The Labute approximate surface area is 134 Å². The summed E-state index contributed by atoms with van der Waals surface area (Å²) in [5.41, 5.74) is 2.03. The fourth-order valence-electron chi connectivity index (χ4n) is 2.47. The predicted octanol–water partition coefficient (Wildman–Crippen LogP) is 2.96. The molecule has 0 fully saturated rings. The molecule has 1 rings (SSSR count). The van der Waals surface area contributed by atoms with E-state index in [-0.39, 0.29) is 18.1 Å². The van der Waals surface area contributed by atoms with Crippen LogP contribution in [0.25, 0.3) is 0 Å². The van der Waals surface area contributed by atoms with Gasteiger partial charge < -0.3 is 15.7 Å². The number of hydrogen-bond donors (Lipinski definition) is 3. The van der Waals surface area contributed by atoms with Crippen LogP contribution in [0, 0.1) is 5.92 Å². The van der Waals surface area contributed by atoms with Gasteiger partial charge in [-0.05, 0) is 37.3 Å². The van der Waals surface area contributed by atoms with Gasteiger partial charge in [0.2, 0.25) is 5.91 Å². The average Bonchev–Trinajstić information content (AvgIpc) is 2.45. The summed E-state index contributed by atoms with van der Waals surface area (Å²) in [7, 11) is 0. The number of rotatable bonds is 9. The molecular weight excluding hydrogens is 276 g/mol. The van der Waals surface area contributed by atoms with E-state index in [0.29, 0.717) is 18.9 Å². The van der Waals surface area contributed by atoms with Crippen molar-refractivity contribution in [3.63, 3.8) is 0 Å². The van der Waals surface area contributed by atoms with Crippen molar-refractivity contribution >= 4 is 11.6 Å². The molecule has 1 aromatic rings. The zero-order valence-electron chi connectivity index (χ0n) is 14.2. The van der Waals surface area contributed by atoms with E-state index in [2.05, 4.69) is 31.4 Å². The molecule has 2 unspecified atom stereocenters. The summed E-state index contributed by atoms with van der Waals surface area (Å²) in [6.07, 6.45) is 1.71.